The summed E-state index contributed by atoms with van der Waals surface area (Å²) in [6, 6.07) is 5.50. The summed E-state index contributed by atoms with van der Waals surface area (Å²) in [4.78, 5) is 9.83. The zero-order valence-electron chi connectivity index (χ0n) is 12.1. The first-order valence-corrected chi connectivity index (χ1v) is 8.09. The van der Waals surface area contributed by atoms with Crippen LogP contribution >= 0.6 is 11.3 Å². The molecule has 122 valence electrons. The van der Waals surface area contributed by atoms with E-state index in [1.165, 1.54) is 24.2 Å². The predicted molar refractivity (Wildman–Crippen MR) is 89.3 cm³/mol. The summed E-state index contributed by atoms with van der Waals surface area (Å²) in [5.74, 6) is 1.05. The van der Waals surface area contributed by atoms with Crippen LogP contribution in [0.1, 0.15) is 32.2 Å². The highest BCUT2D eigenvalue weighted by Crippen LogP contribution is 2.39. The third kappa shape index (κ3) is 2.95. The van der Waals surface area contributed by atoms with Crippen LogP contribution in [0.5, 0.6) is 0 Å². The van der Waals surface area contributed by atoms with Crippen molar-refractivity contribution in [3.63, 3.8) is 0 Å². The zero-order valence-corrected chi connectivity index (χ0v) is 12.9. The minimum absolute atomic E-state index is 0. The predicted octanol–water partition coefficient (Wildman–Crippen LogP) is 3.67. The van der Waals surface area contributed by atoms with Crippen molar-refractivity contribution in [2.24, 2.45) is 0 Å². The number of nitrogens with zero attached hydrogens (tertiary/aromatic N) is 3. The molecule has 0 radical (unpaired) electrons. The summed E-state index contributed by atoms with van der Waals surface area (Å²) in [7, 11) is 0. The molecule has 1 saturated carbocycles. The van der Waals surface area contributed by atoms with Crippen LogP contribution < -0.4 is 5.32 Å². The molecule has 0 saturated heterocycles. The highest BCUT2D eigenvalue weighted by molar-refractivity contribution is 7.15. The quantitative estimate of drug-likeness (QED) is 0.662. The van der Waals surface area contributed by atoms with Gasteiger partial charge in [0.1, 0.15) is 0 Å². The van der Waals surface area contributed by atoms with E-state index in [-0.39, 0.29) is 15.3 Å². The van der Waals surface area contributed by atoms with Crippen molar-refractivity contribution in [3.05, 3.63) is 40.8 Å². The van der Waals surface area contributed by atoms with E-state index in [0.717, 1.165) is 21.6 Å². The largest absolute Gasteiger partial charge is 0.391 e. The van der Waals surface area contributed by atoms with Gasteiger partial charge in [-0.25, -0.2) is 14.4 Å². The second-order valence-corrected chi connectivity index (χ2v) is 6.59. The van der Waals surface area contributed by atoms with Crippen molar-refractivity contribution >= 4 is 23.0 Å². The van der Waals surface area contributed by atoms with Crippen molar-refractivity contribution in [1.82, 2.24) is 20.2 Å². The second kappa shape index (κ2) is 5.71. The van der Waals surface area contributed by atoms with Crippen LogP contribution in [0.25, 0.3) is 10.7 Å². The van der Waals surface area contributed by atoms with E-state index in [9.17, 15) is 4.39 Å². The molecule has 23 heavy (non-hydrogen) atoms. The van der Waals surface area contributed by atoms with E-state index in [1.54, 1.807) is 6.07 Å². The van der Waals surface area contributed by atoms with Crippen LogP contribution in [0.15, 0.2) is 24.4 Å². The first-order chi connectivity index (χ1) is 11.2. The summed E-state index contributed by atoms with van der Waals surface area (Å²) in [6.07, 6.45) is 3.47. The van der Waals surface area contributed by atoms with Gasteiger partial charge < -0.3 is 10.4 Å². The molecule has 0 aliphatic heterocycles. The minimum atomic E-state index is -0.538. The molecular formula is C15H18FN5OS. The Labute approximate surface area is 138 Å². The number of H-pyrrole nitrogens is 1. The Kier molecular flexibility index (Phi) is 3.55. The maximum atomic E-state index is 14.0. The average Bonchev–Trinajstić information content (AvgIpc) is 3.11. The number of hydrogen-bond acceptors (Lipinski definition) is 6. The number of thiophene rings is 1. The molecule has 3 N–H and O–H groups in total. The lowest BCUT2D eigenvalue weighted by Gasteiger charge is -2.04. The third-order valence-corrected chi connectivity index (χ3v) is 4.71. The van der Waals surface area contributed by atoms with E-state index in [1.807, 2.05) is 12.1 Å². The fourth-order valence-corrected chi connectivity index (χ4v) is 3.09. The average molecular weight is 335 g/mol. The van der Waals surface area contributed by atoms with Gasteiger partial charge in [0.25, 0.3) is 0 Å². The van der Waals surface area contributed by atoms with Gasteiger partial charge in [-0.3, -0.25) is 5.10 Å². The van der Waals surface area contributed by atoms with Gasteiger partial charge in [-0.15, -0.1) is 11.3 Å². The fourth-order valence-electron chi connectivity index (χ4n) is 2.28. The number of aliphatic hydroxyl groups excluding tert-OH is 1. The Balaban J connectivity index is 0.00000113. The van der Waals surface area contributed by atoms with Crippen LogP contribution in [0.3, 0.4) is 0 Å². The van der Waals surface area contributed by atoms with Crippen LogP contribution in [-0.2, 0) is 6.61 Å². The highest BCUT2D eigenvalue weighted by atomic mass is 32.1. The van der Waals surface area contributed by atoms with Gasteiger partial charge in [-0.2, -0.15) is 5.10 Å². The van der Waals surface area contributed by atoms with E-state index < -0.39 is 5.82 Å². The Morgan fingerprint density at radius 2 is 2.30 bits per heavy atom. The molecule has 1 fully saturated rings. The molecule has 3 aromatic rings. The fraction of sp³-hybridized carbons (Fsp3) is 0.267. The molecule has 0 spiro atoms. The normalized spacial score (nSPS) is 14.2. The second-order valence-electron chi connectivity index (χ2n) is 5.42. The highest BCUT2D eigenvalue weighted by Gasteiger charge is 2.25. The molecule has 3 aromatic heterocycles. The van der Waals surface area contributed by atoms with Gasteiger partial charge in [0.05, 0.1) is 17.7 Å². The molecule has 0 aromatic carbocycles. The minimum Gasteiger partial charge on any atom is -0.391 e. The maximum Gasteiger partial charge on any atom is 0.184 e. The van der Waals surface area contributed by atoms with Gasteiger partial charge in [0, 0.05) is 25.4 Å². The standard InChI is InChI=1S/C15H14FN5OS.2H2/c16-10-6-17-15(12-4-3-9(7-22)23-12)19-14(10)18-13-5-11(20-21-13)8-1-2-8;;/h3-6,8,22H,1-2,7H2,(H2,17,18,19,20,21);2*1H. The molecule has 0 bridgehead atoms. The van der Waals surface area contributed by atoms with Crippen LogP contribution in [0.2, 0.25) is 0 Å². The number of hydrogen-bond donors (Lipinski definition) is 3. The Hall–Kier alpha value is -2.32. The lowest BCUT2D eigenvalue weighted by Crippen LogP contribution is -2.00. The molecule has 0 atom stereocenters. The molecule has 6 nitrogen and oxygen atoms in total. The van der Waals surface area contributed by atoms with E-state index >= 15 is 0 Å². The topological polar surface area (TPSA) is 86.7 Å². The number of rotatable bonds is 5. The van der Waals surface area contributed by atoms with Crippen molar-refractivity contribution in [2.75, 3.05) is 5.32 Å². The molecule has 4 rings (SSSR count). The lowest BCUT2D eigenvalue weighted by atomic mass is 10.3. The number of aromatic nitrogens is 4. The number of halogens is 1. The summed E-state index contributed by atoms with van der Waals surface area (Å²) in [6.45, 7) is -0.0335. The third-order valence-electron chi connectivity index (χ3n) is 3.64. The summed E-state index contributed by atoms with van der Waals surface area (Å²) in [5.41, 5.74) is 1.06. The Bertz CT molecular complexity index is 852. The Morgan fingerprint density at radius 1 is 1.43 bits per heavy atom. The molecule has 0 unspecified atom stereocenters. The van der Waals surface area contributed by atoms with Gasteiger partial charge in [0.2, 0.25) is 0 Å². The molecule has 1 aliphatic carbocycles. The summed E-state index contributed by atoms with van der Waals surface area (Å²) in [5, 5.41) is 19.1. The van der Waals surface area contributed by atoms with Crippen molar-refractivity contribution < 1.29 is 12.4 Å². The molecule has 8 heteroatoms. The number of aromatic amines is 1. The molecular weight excluding hydrogens is 317 g/mol. The van der Waals surface area contributed by atoms with Crippen LogP contribution in [-0.4, -0.2) is 25.3 Å². The molecule has 3 heterocycles. The van der Waals surface area contributed by atoms with Crippen molar-refractivity contribution in [2.45, 2.75) is 25.4 Å². The maximum absolute atomic E-state index is 14.0. The lowest BCUT2D eigenvalue weighted by molar-refractivity contribution is 0.285. The number of aliphatic hydroxyl groups is 1. The summed E-state index contributed by atoms with van der Waals surface area (Å²) < 4.78 is 14.0. The first kappa shape index (κ1) is 14.3. The zero-order chi connectivity index (χ0) is 15.8. The van der Waals surface area contributed by atoms with Gasteiger partial charge in [0.15, 0.2) is 23.3 Å². The smallest absolute Gasteiger partial charge is 0.184 e. The molecule has 1 aliphatic rings. The first-order valence-electron chi connectivity index (χ1n) is 7.28. The van der Waals surface area contributed by atoms with E-state index in [2.05, 4.69) is 25.5 Å². The van der Waals surface area contributed by atoms with Crippen molar-refractivity contribution in [1.29, 1.82) is 0 Å². The van der Waals surface area contributed by atoms with Crippen LogP contribution in [0.4, 0.5) is 16.0 Å². The van der Waals surface area contributed by atoms with Gasteiger partial charge >= 0.3 is 0 Å². The molecule has 0 amide bonds. The van der Waals surface area contributed by atoms with E-state index in [0.29, 0.717) is 17.6 Å². The van der Waals surface area contributed by atoms with Gasteiger partial charge in [-0.05, 0) is 25.0 Å². The monoisotopic (exact) mass is 335 g/mol. The van der Waals surface area contributed by atoms with Gasteiger partial charge in [-0.1, -0.05) is 0 Å². The van der Waals surface area contributed by atoms with Crippen LogP contribution in [0, 0.1) is 5.82 Å². The van der Waals surface area contributed by atoms with E-state index in [4.69, 9.17) is 5.11 Å². The SMILES string of the molecule is OCc1ccc(-c2ncc(F)c(Nc3cc(C4CC4)[nH]n3)n2)s1.[HH].[HH]. The van der Waals surface area contributed by atoms with Crippen molar-refractivity contribution in [3.8, 4) is 10.7 Å². The summed E-state index contributed by atoms with van der Waals surface area (Å²) >= 11 is 1.38. The Morgan fingerprint density at radius 3 is 3.04 bits per heavy atom. The number of anilines is 2. The number of nitrogens with one attached hydrogen (secondary N) is 2.